The maximum Gasteiger partial charge on any atom is 0.134 e. The largest absolute Gasteiger partial charge is 0.504 e. The predicted molar refractivity (Wildman–Crippen MR) is 107 cm³/mol. The van der Waals surface area contributed by atoms with E-state index in [0.717, 1.165) is 30.5 Å². The van der Waals surface area contributed by atoms with Gasteiger partial charge in [0.05, 0.1) is 13.4 Å². The first-order valence-corrected chi connectivity index (χ1v) is 9.11. The van der Waals surface area contributed by atoms with Crippen LogP contribution in [0.5, 0.6) is 0 Å². The van der Waals surface area contributed by atoms with Crippen molar-refractivity contribution in [2.75, 3.05) is 7.11 Å². The molecule has 0 spiro atoms. The highest BCUT2D eigenvalue weighted by Gasteiger charge is 2.13. The van der Waals surface area contributed by atoms with Crippen LogP contribution in [0.25, 0.3) is 28.3 Å². The van der Waals surface area contributed by atoms with Gasteiger partial charge >= 0.3 is 0 Å². The number of methoxy groups -OCH3 is 1. The van der Waals surface area contributed by atoms with Crippen LogP contribution in [0.4, 0.5) is 13.2 Å². The van der Waals surface area contributed by atoms with Crippen LogP contribution < -0.4 is 0 Å². The topological polar surface area (TPSA) is 9.23 Å². The van der Waals surface area contributed by atoms with Crippen molar-refractivity contribution in [1.82, 2.24) is 0 Å². The van der Waals surface area contributed by atoms with E-state index in [-0.39, 0.29) is 16.7 Å². The Balaban J connectivity index is 1.93. The van der Waals surface area contributed by atoms with Crippen molar-refractivity contribution in [3.8, 4) is 22.3 Å². The molecule has 0 amide bonds. The number of ether oxygens (including phenoxy) is 1. The number of hydrogen-bond acceptors (Lipinski definition) is 1. The molecule has 0 heterocycles. The first-order chi connectivity index (χ1) is 13.5. The van der Waals surface area contributed by atoms with Crippen molar-refractivity contribution in [2.24, 2.45) is 0 Å². The van der Waals surface area contributed by atoms with Crippen molar-refractivity contribution in [3.63, 3.8) is 0 Å². The van der Waals surface area contributed by atoms with Gasteiger partial charge in [0, 0.05) is 11.1 Å². The Morgan fingerprint density at radius 3 is 1.96 bits per heavy atom. The van der Waals surface area contributed by atoms with Crippen molar-refractivity contribution in [3.05, 3.63) is 89.4 Å². The van der Waals surface area contributed by atoms with Gasteiger partial charge in [-0.2, -0.15) is 0 Å². The third-order valence-electron chi connectivity index (χ3n) is 4.56. The maximum atomic E-state index is 14.7. The molecule has 0 unspecified atom stereocenters. The highest BCUT2D eigenvalue weighted by Crippen LogP contribution is 2.30. The van der Waals surface area contributed by atoms with E-state index in [1.807, 2.05) is 24.3 Å². The van der Waals surface area contributed by atoms with Crippen molar-refractivity contribution in [1.29, 1.82) is 0 Å². The van der Waals surface area contributed by atoms with Gasteiger partial charge in [0.1, 0.15) is 17.5 Å². The molecule has 0 aromatic heterocycles. The van der Waals surface area contributed by atoms with E-state index in [1.54, 1.807) is 12.1 Å². The Labute approximate surface area is 163 Å². The molecule has 1 nitrogen and oxygen atoms in total. The molecule has 0 saturated heterocycles. The summed E-state index contributed by atoms with van der Waals surface area (Å²) in [5, 5.41) is 0. The van der Waals surface area contributed by atoms with E-state index in [9.17, 15) is 13.2 Å². The summed E-state index contributed by atoms with van der Waals surface area (Å²) < 4.78 is 47.9. The predicted octanol–water partition coefficient (Wildman–Crippen LogP) is 7.01. The number of rotatable bonds is 6. The minimum atomic E-state index is -0.779. The molecule has 0 aliphatic rings. The zero-order valence-electron chi connectivity index (χ0n) is 15.8. The third kappa shape index (κ3) is 4.28. The fourth-order valence-electron chi connectivity index (χ4n) is 3.12. The Kier molecular flexibility index (Phi) is 6.19. The number of halogens is 3. The number of hydrogen-bond donors (Lipinski definition) is 0. The quantitative estimate of drug-likeness (QED) is 0.417. The molecule has 0 N–H and O–H groups in total. The fourth-order valence-corrected chi connectivity index (χ4v) is 3.12. The van der Waals surface area contributed by atoms with Gasteiger partial charge < -0.3 is 4.74 Å². The third-order valence-corrected chi connectivity index (χ3v) is 4.56. The molecule has 0 radical (unpaired) electrons. The highest BCUT2D eigenvalue weighted by molar-refractivity contribution is 5.72. The van der Waals surface area contributed by atoms with Crippen LogP contribution in [0, 0.1) is 17.5 Å². The smallest absolute Gasteiger partial charge is 0.134 e. The Morgan fingerprint density at radius 1 is 0.786 bits per heavy atom. The molecule has 3 aromatic carbocycles. The summed E-state index contributed by atoms with van der Waals surface area (Å²) in [4.78, 5) is 0. The molecule has 3 rings (SSSR count). The molecule has 0 atom stereocenters. The molecule has 144 valence electrons. The van der Waals surface area contributed by atoms with Crippen LogP contribution in [0.1, 0.15) is 24.5 Å². The summed E-state index contributed by atoms with van der Waals surface area (Å²) in [6, 6.07) is 14.9. The van der Waals surface area contributed by atoms with E-state index in [1.165, 1.54) is 31.1 Å². The van der Waals surface area contributed by atoms with Crippen LogP contribution in [-0.4, -0.2) is 7.11 Å². The molecule has 28 heavy (non-hydrogen) atoms. The van der Waals surface area contributed by atoms with E-state index in [2.05, 4.69) is 6.92 Å². The van der Waals surface area contributed by atoms with Gasteiger partial charge in [-0.1, -0.05) is 49.7 Å². The molecule has 0 aliphatic carbocycles. The van der Waals surface area contributed by atoms with Crippen LogP contribution in [-0.2, 0) is 11.2 Å². The summed E-state index contributed by atoms with van der Waals surface area (Å²) in [6.45, 7) is 2.12. The summed E-state index contributed by atoms with van der Waals surface area (Å²) in [7, 11) is 1.38. The Bertz CT molecular complexity index is 968. The normalized spacial score (nSPS) is 11.2. The lowest BCUT2D eigenvalue weighted by atomic mass is 9.97. The van der Waals surface area contributed by atoms with E-state index in [0.29, 0.717) is 5.56 Å². The van der Waals surface area contributed by atoms with Gasteiger partial charge in [-0.3, -0.25) is 0 Å². The zero-order valence-corrected chi connectivity index (χ0v) is 15.8. The summed E-state index contributed by atoms with van der Waals surface area (Å²) >= 11 is 0. The minimum absolute atomic E-state index is 0.145. The molecule has 0 fully saturated rings. The van der Waals surface area contributed by atoms with E-state index >= 15 is 0 Å². The van der Waals surface area contributed by atoms with Crippen molar-refractivity contribution >= 4 is 6.08 Å². The molecule has 0 aliphatic heterocycles. The number of benzene rings is 3. The van der Waals surface area contributed by atoms with Crippen molar-refractivity contribution < 1.29 is 17.9 Å². The Hall–Kier alpha value is -3.01. The van der Waals surface area contributed by atoms with Gasteiger partial charge in [0.15, 0.2) is 0 Å². The van der Waals surface area contributed by atoms with Crippen molar-refractivity contribution in [2.45, 2.75) is 19.8 Å². The zero-order chi connectivity index (χ0) is 20.1. The second-order valence-corrected chi connectivity index (χ2v) is 6.53. The Morgan fingerprint density at radius 2 is 1.39 bits per heavy atom. The molecular formula is C24H21F3O. The lowest BCUT2D eigenvalue weighted by Crippen LogP contribution is -1.93. The first kappa shape index (κ1) is 19.7. The SMILES string of the molecule is CCCc1ccc(-c2ccc(-c3cc(F)c(/C=C/OC)c(F)c3)c(F)c2)cc1. The molecule has 3 aromatic rings. The van der Waals surface area contributed by atoms with Crippen LogP contribution in [0.3, 0.4) is 0 Å². The van der Waals surface area contributed by atoms with Crippen LogP contribution in [0.15, 0.2) is 60.9 Å². The van der Waals surface area contributed by atoms with E-state index in [4.69, 9.17) is 4.74 Å². The highest BCUT2D eigenvalue weighted by atomic mass is 19.1. The minimum Gasteiger partial charge on any atom is -0.504 e. The average Bonchev–Trinajstić information content (AvgIpc) is 2.68. The van der Waals surface area contributed by atoms with Gasteiger partial charge in [-0.05, 0) is 52.9 Å². The summed E-state index contributed by atoms with van der Waals surface area (Å²) in [6.07, 6.45) is 4.44. The van der Waals surface area contributed by atoms with Gasteiger partial charge in [-0.25, -0.2) is 13.2 Å². The van der Waals surface area contributed by atoms with Crippen LogP contribution >= 0.6 is 0 Å². The monoisotopic (exact) mass is 382 g/mol. The molecule has 4 heteroatoms. The molecule has 0 saturated carbocycles. The molecular weight excluding hydrogens is 361 g/mol. The lowest BCUT2D eigenvalue weighted by molar-refractivity contribution is 0.341. The summed E-state index contributed by atoms with van der Waals surface area (Å²) in [5.74, 6) is -2.09. The lowest BCUT2D eigenvalue weighted by Gasteiger charge is -2.09. The van der Waals surface area contributed by atoms with Crippen LogP contribution in [0.2, 0.25) is 0 Å². The fraction of sp³-hybridized carbons (Fsp3) is 0.167. The standard InChI is InChI=1S/C24H21F3O/c1-3-4-16-5-7-17(8-6-16)18-9-10-20(22(25)13-18)19-14-23(26)21(11-12-28-2)24(27)15-19/h5-15H,3-4H2,1-2H3/b12-11+. The maximum absolute atomic E-state index is 14.7. The second-order valence-electron chi connectivity index (χ2n) is 6.53. The number of aryl methyl sites for hydroxylation is 1. The summed E-state index contributed by atoms with van der Waals surface area (Å²) in [5.41, 5.74) is 2.90. The van der Waals surface area contributed by atoms with Gasteiger partial charge in [0.2, 0.25) is 0 Å². The molecule has 0 bridgehead atoms. The first-order valence-electron chi connectivity index (χ1n) is 9.11. The van der Waals surface area contributed by atoms with Gasteiger partial charge in [0.25, 0.3) is 0 Å². The van der Waals surface area contributed by atoms with Gasteiger partial charge in [-0.15, -0.1) is 0 Å². The van der Waals surface area contributed by atoms with E-state index < -0.39 is 17.5 Å². The average molecular weight is 382 g/mol. The second kappa shape index (κ2) is 8.79.